The van der Waals surface area contributed by atoms with Crippen molar-refractivity contribution in [1.82, 2.24) is 10.2 Å². The van der Waals surface area contributed by atoms with Crippen LogP contribution in [-0.2, 0) is 9.53 Å². The lowest BCUT2D eigenvalue weighted by Crippen LogP contribution is -2.47. The minimum atomic E-state index is -0.754. The van der Waals surface area contributed by atoms with E-state index in [4.69, 9.17) is 9.84 Å². The van der Waals surface area contributed by atoms with Crippen molar-refractivity contribution in [2.24, 2.45) is 5.92 Å². The van der Waals surface area contributed by atoms with Gasteiger partial charge in [-0.3, -0.25) is 4.79 Å². The quantitative estimate of drug-likeness (QED) is 0.813. The van der Waals surface area contributed by atoms with Gasteiger partial charge in [-0.15, -0.1) is 0 Å². The summed E-state index contributed by atoms with van der Waals surface area (Å²) in [6.45, 7) is 9.24. The first-order chi connectivity index (χ1) is 9.73. The van der Waals surface area contributed by atoms with Crippen molar-refractivity contribution in [2.45, 2.75) is 58.6 Å². The Morgan fingerprint density at radius 3 is 2.33 bits per heavy atom. The number of hydrogen-bond donors (Lipinski definition) is 2. The number of ether oxygens (including phenoxy) is 1. The summed E-state index contributed by atoms with van der Waals surface area (Å²) in [6, 6.07) is 0.275. The van der Waals surface area contributed by atoms with Crippen LogP contribution in [0.25, 0.3) is 0 Å². The Hall–Kier alpha value is -1.30. The molecule has 1 fully saturated rings. The van der Waals surface area contributed by atoms with Crippen molar-refractivity contribution in [2.75, 3.05) is 19.6 Å². The third kappa shape index (κ3) is 6.33. The van der Waals surface area contributed by atoms with E-state index in [1.165, 1.54) is 0 Å². The molecule has 1 amide bonds. The van der Waals surface area contributed by atoms with Crippen LogP contribution in [0.15, 0.2) is 0 Å². The van der Waals surface area contributed by atoms with Crippen molar-refractivity contribution < 1.29 is 19.4 Å². The van der Waals surface area contributed by atoms with Gasteiger partial charge in [0.15, 0.2) is 0 Å². The summed E-state index contributed by atoms with van der Waals surface area (Å²) in [5.41, 5.74) is -0.470. The maximum absolute atomic E-state index is 11.9. The summed E-state index contributed by atoms with van der Waals surface area (Å²) >= 11 is 0. The number of amides is 1. The van der Waals surface area contributed by atoms with Gasteiger partial charge < -0.3 is 20.1 Å². The molecule has 1 aliphatic rings. The van der Waals surface area contributed by atoms with Gasteiger partial charge in [-0.2, -0.15) is 0 Å². The van der Waals surface area contributed by atoms with Crippen LogP contribution in [0.1, 0.15) is 47.0 Å². The summed E-state index contributed by atoms with van der Waals surface area (Å²) in [7, 11) is 0. The second-order valence-electron chi connectivity index (χ2n) is 6.59. The average Bonchev–Trinajstić information content (AvgIpc) is 2.37. The molecule has 6 heteroatoms. The number of aliphatic carboxylic acids is 1. The van der Waals surface area contributed by atoms with Crippen LogP contribution >= 0.6 is 0 Å². The highest BCUT2D eigenvalue weighted by Crippen LogP contribution is 2.15. The zero-order valence-corrected chi connectivity index (χ0v) is 13.5. The average molecular weight is 300 g/mol. The molecule has 21 heavy (non-hydrogen) atoms. The molecule has 0 aromatic heterocycles. The number of carboxylic acid groups (broad SMARTS) is 1. The Labute approximate surface area is 126 Å². The number of nitrogens with one attached hydrogen (secondary N) is 1. The number of likely N-dealkylation sites (tertiary alicyclic amines) is 1. The maximum atomic E-state index is 11.9. The van der Waals surface area contributed by atoms with Gasteiger partial charge in [0.05, 0.1) is 5.92 Å². The Kier molecular flexibility index (Phi) is 6.45. The van der Waals surface area contributed by atoms with Crippen LogP contribution in [0.4, 0.5) is 4.79 Å². The fourth-order valence-corrected chi connectivity index (χ4v) is 2.31. The third-order valence-corrected chi connectivity index (χ3v) is 3.64. The Balaban J connectivity index is 2.32. The topological polar surface area (TPSA) is 78.9 Å². The lowest BCUT2D eigenvalue weighted by Gasteiger charge is -2.34. The highest BCUT2D eigenvalue weighted by atomic mass is 16.6. The van der Waals surface area contributed by atoms with E-state index < -0.39 is 11.6 Å². The molecule has 1 heterocycles. The zero-order chi connectivity index (χ0) is 16.0. The molecule has 122 valence electrons. The summed E-state index contributed by atoms with van der Waals surface area (Å²) < 4.78 is 5.35. The van der Waals surface area contributed by atoms with E-state index in [1.54, 1.807) is 4.90 Å². The predicted molar refractivity (Wildman–Crippen MR) is 80.2 cm³/mol. The first-order valence-corrected chi connectivity index (χ1v) is 7.67. The van der Waals surface area contributed by atoms with Gasteiger partial charge in [0.25, 0.3) is 0 Å². The molecule has 6 nitrogen and oxygen atoms in total. The Bertz CT molecular complexity index is 357. The summed E-state index contributed by atoms with van der Waals surface area (Å²) in [5, 5.41) is 12.3. The van der Waals surface area contributed by atoms with Gasteiger partial charge in [-0.05, 0) is 40.0 Å². The number of carboxylic acids is 1. The predicted octanol–water partition coefficient (Wildman–Crippen LogP) is 2.09. The van der Waals surface area contributed by atoms with Gasteiger partial charge in [-0.1, -0.05) is 6.92 Å². The molecule has 0 radical (unpaired) electrons. The first kappa shape index (κ1) is 17.8. The lowest BCUT2D eigenvalue weighted by molar-refractivity contribution is -0.141. The van der Waals surface area contributed by atoms with E-state index in [1.807, 2.05) is 27.7 Å². The maximum Gasteiger partial charge on any atom is 0.410 e. The van der Waals surface area contributed by atoms with Crippen molar-refractivity contribution in [1.29, 1.82) is 0 Å². The van der Waals surface area contributed by atoms with Crippen LogP contribution < -0.4 is 5.32 Å². The van der Waals surface area contributed by atoms with Crippen LogP contribution in [-0.4, -0.2) is 53.3 Å². The molecule has 1 rings (SSSR count). The monoisotopic (exact) mass is 300 g/mol. The number of hydrogen-bond acceptors (Lipinski definition) is 4. The molecular weight excluding hydrogens is 272 g/mol. The molecule has 2 N–H and O–H groups in total. The summed E-state index contributed by atoms with van der Waals surface area (Å²) in [4.78, 5) is 24.6. The number of nitrogens with zero attached hydrogens (tertiary/aromatic N) is 1. The molecule has 0 spiro atoms. The zero-order valence-electron chi connectivity index (χ0n) is 13.5. The molecular formula is C15H28N2O4. The van der Waals surface area contributed by atoms with Crippen LogP contribution in [0, 0.1) is 5.92 Å². The number of piperidine rings is 1. The van der Waals surface area contributed by atoms with Crippen LogP contribution in [0.3, 0.4) is 0 Å². The first-order valence-electron chi connectivity index (χ1n) is 7.67. The molecule has 0 bridgehead atoms. The molecule has 1 aliphatic heterocycles. The van der Waals surface area contributed by atoms with Crippen molar-refractivity contribution in [3.63, 3.8) is 0 Å². The van der Waals surface area contributed by atoms with Gasteiger partial charge in [0, 0.05) is 25.7 Å². The lowest BCUT2D eigenvalue weighted by atomic mass is 10.0. The molecule has 0 aromatic rings. The van der Waals surface area contributed by atoms with E-state index in [0.29, 0.717) is 26.1 Å². The summed E-state index contributed by atoms with van der Waals surface area (Å²) in [5.74, 6) is -1.09. The Morgan fingerprint density at radius 1 is 1.33 bits per heavy atom. The second kappa shape index (κ2) is 7.64. The fourth-order valence-electron chi connectivity index (χ4n) is 2.31. The van der Waals surface area contributed by atoms with Gasteiger partial charge in [0.2, 0.25) is 0 Å². The second-order valence-corrected chi connectivity index (χ2v) is 6.59. The Morgan fingerprint density at radius 2 is 1.90 bits per heavy atom. The normalized spacial score (nSPS) is 18.4. The molecule has 0 aromatic carbocycles. The molecule has 0 saturated carbocycles. The van der Waals surface area contributed by atoms with Gasteiger partial charge in [-0.25, -0.2) is 4.79 Å². The molecule has 1 saturated heterocycles. The largest absolute Gasteiger partial charge is 0.481 e. The smallest absolute Gasteiger partial charge is 0.410 e. The number of carbonyl (C=O) groups excluding carboxylic acids is 1. The van der Waals surface area contributed by atoms with Gasteiger partial charge in [0.1, 0.15) is 5.60 Å². The third-order valence-electron chi connectivity index (χ3n) is 3.64. The van der Waals surface area contributed by atoms with Crippen molar-refractivity contribution in [3.8, 4) is 0 Å². The minimum Gasteiger partial charge on any atom is -0.481 e. The van der Waals surface area contributed by atoms with Crippen LogP contribution in [0.5, 0.6) is 0 Å². The van der Waals surface area contributed by atoms with Crippen molar-refractivity contribution >= 4 is 12.1 Å². The minimum absolute atomic E-state index is 0.266. The fraction of sp³-hybridized carbons (Fsp3) is 0.867. The van der Waals surface area contributed by atoms with E-state index >= 15 is 0 Å². The van der Waals surface area contributed by atoms with E-state index in [2.05, 4.69) is 5.32 Å². The van der Waals surface area contributed by atoms with Crippen molar-refractivity contribution in [3.05, 3.63) is 0 Å². The molecule has 1 unspecified atom stereocenters. The molecule has 1 atom stereocenters. The van der Waals surface area contributed by atoms with Crippen LogP contribution in [0.2, 0.25) is 0 Å². The van der Waals surface area contributed by atoms with E-state index in [0.717, 1.165) is 12.8 Å². The highest BCUT2D eigenvalue weighted by molar-refractivity contribution is 5.70. The summed E-state index contributed by atoms with van der Waals surface area (Å²) in [6.07, 6.45) is 2.02. The number of carbonyl (C=O) groups is 2. The highest BCUT2D eigenvalue weighted by Gasteiger charge is 2.27. The van der Waals surface area contributed by atoms with Gasteiger partial charge >= 0.3 is 12.1 Å². The van der Waals surface area contributed by atoms with E-state index in [9.17, 15) is 9.59 Å². The SMILES string of the molecule is CCC(CNC1CCN(C(=O)OC(C)(C)C)CC1)C(=O)O. The standard InChI is InChI=1S/C15H28N2O4/c1-5-11(13(18)19)10-16-12-6-8-17(9-7-12)14(20)21-15(2,3)4/h11-12,16H,5-10H2,1-4H3,(H,18,19). The molecule has 0 aliphatic carbocycles. The van der Waals surface area contributed by atoms with E-state index in [-0.39, 0.29) is 18.1 Å². The number of rotatable bonds is 5.